The number of nitrogens with zero attached hydrogens (tertiary/aromatic N) is 1. The number of carbonyl (C=O) groups excluding carboxylic acids is 1. The number of nitrogens with one attached hydrogen (secondary N) is 1. The van der Waals surface area contributed by atoms with Crippen LogP contribution in [0, 0.1) is 11.8 Å². The predicted octanol–water partition coefficient (Wildman–Crippen LogP) is 1.32. The summed E-state index contributed by atoms with van der Waals surface area (Å²) in [4.78, 5) is 16.5. The summed E-state index contributed by atoms with van der Waals surface area (Å²) in [5.74, 6) is 5.16. The van der Waals surface area contributed by atoms with Gasteiger partial charge in [-0.15, -0.1) is 5.92 Å². The van der Waals surface area contributed by atoms with Crippen LogP contribution in [0.25, 0.3) is 0 Å². The van der Waals surface area contributed by atoms with E-state index in [1.165, 1.54) is 0 Å². The number of rotatable bonds is 8. The molecule has 1 aromatic rings. The van der Waals surface area contributed by atoms with Crippen LogP contribution in [0.2, 0.25) is 0 Å². The number of anilines is 1. The zero-order valence-corrected chi connectivity index (χ0v) is 15.0. The minimum absolute atomic E-state index is 0.0276. The van der Waals surface area contributed by atoms with Gasteiger partial charge in [0.15, 0.2) is 0 Å². The highest BCUT2D eigenvalue weighted by atomic mass is 127. The largest absolute Gasteiger partial charge is 0.392 e. The topological polar surface area (TPSA) is 96.9 Å². The Morgan fingerprint density at radius 3 is 3.00 bits per heavy atom. The number of aliphatic hydroxyl groups is 1. The second kappa shape index (κ2) is 11.1. The molecule has 1 amide bonds. The van der Waals surface area contributed by atoms with Crippen LogP contribution < -0.4 is 11.1 Å². The van der Waals surface area contributed by atoms with Crippen molar-refractivity contribution in [3.05, 3.63) is 29.8 Å². The van der Waals surface area contributed by atoms with Crippen LogP contribution in [-0.4, -0.2) is 40.5 Å². The van der Waals surface area contributed by atoms with Crippen molar-refractivity contribution in [2.24, 2.45) is 10.7 Å². The number of aliphatic hydroxyl groups excluding tert-OH is 1. The van der Waals surface area contributed by atoms with Gasteiger partial charge in [0, 0.05) is 12.2 Å². The normalized spacial score (nSPS) is 12.3. The first kappa shape index (κ1) is 19.6. The third-order valence-electron chi connectivity index (χ3n) is 2.73. The van der Waals surface area contributed by atoms with Gasteiger partial charge >= 0.3 is 0 Å². The van der Waals surface area contributed by atoms with E-state index in [0.29, 0.717) is 24.5 Å². The summed E-state index contributed by atoms with van der Waals surface area (Å²) in [6.07, 6.45) is 0. The fourth-order valence-electron chi connectivity index (χ4n) is 1.64. The molecule has 0 bridgehead atoms. The molecule has 0 aliphatic carbocycles. The average molecular weight is 429 g/mol. The van der Waals surface area contributed by atoms with Gasteiger partial charge in [0.25, 0.3) is 5.91 Å². The number of ether oxygens (including phenoxy) is 1. The van der Waals surface area contributed by atoms with E-state index in [1.807, 2.05) is 0 Å². The Kier molecular flexibility index (Phi) is 9.47. The Morgan fingerprint density at radius 1 is 1.57 bits per heavy atom. The van der Waals surface area contributed by atoms with E-state index in [9.17, 15) is 4.79 Å². The standard InChI is InChI=1S/C16H20IN3O3/c1-2-3-7-23-11-15(17)20-14(9-18)16(22)19-13-6-4-5-12(8-13)10-21/h4-6,8,15,21H,7,9-11,18H2,1H3,(H,19,22)/b20-14+. The molecule has 0 aliphatic rings. The quantitative estimate of drug-likeness (QED) is 0.145. The molecule has 0 aliphatic heterocycles. The molecule has 0 fully saturated rings. The van der Waals surface area contributed by atoms with Gasteiger partial charge in [-0.05, 0) is 24.6 Å². The zero-order chi connectivity index (χ0) is 17.1. The third kappa shape index (κ3) is 7.56. The minimum Gasteiger partial charge on any atom is -0.392 e. The lowest BCUT2D eigenvalue weighted by atomic mass is 10.2. The Bertz CT molecular complexity index is 608. The van der Waals surface area contributed by atoms with Crippen LogP contribution in [0.5, 0.6) is 0 Å². The number of amides is 1. The van der Waals surface area contributed by atoms with E-state index < -0.39 is 0 Å². The molecular formula is C16H20IN3O3. The average Bonchev–Trinajstić information content (AvgIpc) is 2.56. The van der Waals surface area contributed by atoms with E-state index >= 15 is 0 Å². The van der Waals surface area contributed by atoms with Crippen molar-refractivity contribution in [1.29, 1.82) is 0 Å². The number of alkyl halides is 1. The number of carbonyl (C=O) groups is 1. The first-order valence-corrected chi connectivity index (χ1v) is 8.24. The predicted molar refractivity (Wildman–Crippen MR) is 99.6 cm³/mol. The number of nitrogens with two attached hydrogens (primary N) is 1. The van der Waals surface area contributed by atoms with E-state index in [1.54, 1.807) is 31.2 Å². The molecule has 4 N–H and O–H groups in total. The summed E-state index contributed by atoms with van der Waals surface area (Å²) < 4.78 is 5.10. The summed E-state index contributed by atoms with van der Waals surface area (Å²) >= 11 is 2.08. The molecule has 0 saturated heterocycles. The molecule has 0 radical (unpaired) electrons. The molecule has 0 spiro atoms. The van der Waals surface area contributed by atoms with E-state index in [2.05, 4.69) is 44.7 Å². The van der Waals surface area contributed by atoms with Crippen molar-refractivity contribution in [3.8, 4) is 11.8 Å². The van der Waals surface area contributed by atoms with Crippen molar-refractivity contribution in [1.82, 2.24) is 0 Å². The van der Waals surface area contributed by atoms with Gasteiger partial charge in [-0.2, -0.15) is 0 Å². The highest BCUT2D eigenvalue weighted by molar-refractivity contribution is 14.1. The van der Waals surface area contributed by atoms with Crippen LogP contribution >= 0.6 is 22.6 Å². The van der Waals surface area contributed by atoms with Gasteiger partial charge in [0.1, 0.15) is 16.4 Å². The SMILES string of the molecule is CC#CCOCC(I)/N=C(\CN)C(=O)Nc1cccc(CO)c1. The molecule has 1 aromatic carbocycles. The maximum Gasteiger partial charge on any atom is 0.270 e. The lowest BCUT2D eigenvalue weighted by molar-refractivity contribution is -0.110. The number of hydrogen-bond acceptors (Lipinski definition) is 5. The van der Waals surface area contributed by atoms with E-state index in [0.717, 1.165) is 0 Å². The Morgan fingerprint density at radius 2 is 2.35 bits per heavy atom. The highest BCUT2D eigenvalue weighted by Crippen LogP contribution is 2.11. The lowest BCUT2D eigenvalue weighted by Gasteiger charge is -2.10. The Balaban J connectivity index is 2.65. The fraction of sp³-hybridized carbons (Fsp3) is 0.375. The molecule has 0 aromatic heterocycles. The van der Waals surface area contributed by atoms with E-state index in [-0.39, 0.29) is 28.8 Å². The number of halogens is 1. The molecule has 1 unspecified atom stereocenters. The van der Waals surface area contributed by atoms with Crippen LogP contribution in [-0.2, 0) is 16.1 Å². The van der Waals surface area contributed by atoms with Crippen LogP contribution in [0.4, 0.5) is 5.69 Å². The monoisotopic (exact) mass is 429 g/mol. The minimum atomic E-state index is -0.363. The molecule has 124 valence electrons. The van der Waals surface area contributed by atoms with Crippen LogP contribution in [0.3, 0.4) is 0 Å². The van der Waals surface area contributed by atoms with Gasteiger partial charge in [-0.1, -0.05) is 40.6 Å². The zero-order valence-electron chi connectivity index (χ0n) is 12.9. The number of aliphatic imine (C=N–C) groups is 1. The van der Waals surface area contributed by atoms with Crippen molar-refractivity contribution in [2.75, 3.05) is 25.1 Å². The first-order valence-electron chi connectivity index (χ1n) is 7.00. The molecule has 1 atom stereocenters. The first-order chi connectivity index (χ1) is 11.1. The van der Waals surface area contributed by atoms with Crippen molar-refractivity contribution < 1.29 is 14.6 Å². The van der Waals surface area contributed by atoms with Crippen molar-refractivity contribution in [3.63, 3.8) is 0 Å². The summed E-state index contributed by atoms with van der Waals surface area (Å²) in [7, 11) is 0. The van der Waals surface area contributed by atoms with Gasteiger partial charge in [-0.3, -0.25) is 9.79 Å². The fourth-order valence-corrected chi connectivity index (χ4v) is 2.23. The second-order valence-corrected chi connectivity index (χ2v) is 5.91. The van der Waals surface area contributed by atoms with Gasteiger partial charge in [-0.25, -0.2) is 0 Å². The van der Waals surface area contributed by atoms with Crippen LogP contribution in [0.1, 0.15) is 12.5 Å². The van der Waals surface area contributed by atoms with Gasteiger partial charge in [0.2, 0.25) is 0 Å². The molecule has 0 saturated carbocycles. The second-order valence-electron chi connectivity index (χ2n) is 4.47. The summed E-state index contributed by atoms with van der Waals surface area (Å²) in [6.45, 7) is 2.37. The number of benzene rings is 1. The van der Waals surface area contributed by atoms with Gasteiger partial charge in [0.05, 0.1) is 13.2 Å². The van der Waals surface area contributed by atoms with Crippen molar-refractivity contribution >= 4 is 39.9 Å². The summed E-state index contributed by atoms with van der Waals surface area (Å²) in [6, 6.07) is 6.95. The third-order valence-corrected chi connectivity index (χ3v) is 3.36. The molecule has 7 heteroatoms. The molecule has 6 nitrogen and oxygen atoms in total. The summed E-state index contributed by atoms with van der Waals surface area (Å²) in [5, 5.41) is 11.8. The molecular weight excluding hydrogens is 409 g/mol. The molecule has 1 rings (SSSR count). The van der Waals surface area contributed by atoms with Crippen molar-refractivity contribution in [2.45, 2.75) is 17.6 Å². The molecule has 23 heavy (non-hydrogen) atoms. The van der Waals surface area contributed by atoms with E-state index in [4.69, 9.17) is 15.6 Å². The number of hydrogen-bond donors (Lipinski definition) is 3. The smallest absolute Gasteiger partial charge is 0.270 e. The van der Waals surface area contributed by atoms with Gasteiger partial charge < -0.3 is 20.9 Å². The summed E-state index contributed by atoms with van der Waals surface area (Å²) in [5.41, 5.74) is 7.15. The maximum absolute atomic E-state index is 12.2. The lowest BCUT2D eigenvalue weighted by Crippen LogP contribution is -2.31. The maximum atomic E-state index is 12.2. The highest BCUT2D eigenvalue weighted by Gasteiger charge is 2.12. The molecule has 0 heterocycles. The Labute approximate surface area is 149 Å². The Hall–Kier alpha value is -1.47. The van der Waals surface area contributed by atoms with Crippen LogP contribution in [0.15, 0.2) is 29.3 Å².